The fraction of sp³-hybridized carbons (Fsp3) is 0.393. The van der Waals surface area contributed by atoms with Gasteiger partial charge < -0.3 is 14.4 Å². The maximum absolute atomic E-state index is 13.9. The molecule has 6 nitrogen and oxygen atoms in total. The standard InChI is InChI=1S/C28H32N2O4S/c1-4-34-26(31)25-20(2)35-24(29-25)19-30(18-8-11-21-9-6-5-7-10-21)27(32)28(16-17-28)22-12-14-23(33-3)15-13-22/h5-7,9-10,12-15H,4,8,11,16-19H2,1-3H3. The Morgan fingerprint density at radius 3 is 2.43 bits per heavy atom. The molecule has 1 aromatic heterocycles. The molecular weight excluding hydrogens is 460 g/mol. The summed E-state index contributed by atoms with van der Waals surface area (Å²) in [5, 5.41) is 0.754. The second-order valence-corrected chi connectivity index (χ2v) is 10.1. The number of ether oxygens (including phenoxy) is 2. The summed E-state index contributed by atoms with van der Waals surface area (Å²) < 4.78 is 10.4. The molecule has 0 spiro atoms. The van der Waals surface area contributed by atoms with E-state index in [4.69, 9.17) is 9.47 Å². The van der Waals surface area contributed by atoms with Gasteiger partial charge in [0.15, 0.2) is 5.69 Å². The van der Waals surface area contributed by atoms with Crippen LogP contribution in [0.15, 0.2) is 54.6 Å². The number of carbonyl (C=O) groups excluding carboxylic acids is 2. The Bertz CT molecular complexity index is 1150. The predicted octanol–water partition coefficient (Wildman–Crippen LogP) is 5.33. The minimum atomic E-state index is -0.491. The maximum Gasteiger partial charge on any atom is 0.358 e. The van der Waals surface area contributed by atoms with E-state index in [1.54, 1.807) is 14.0 Å². The Morgan fingerprint density at radius 1 is 1.09 bits per heavy atom. The smallest absolute Gasteiger partial charge is 0.358 e. The Morgan fingerprint density at radius 2 is 1.80 bits per heavy atom. The van der Waals surface area contributed by atoms with Crippen LogP contribution in [0.25, 0.3) is 0 Å². The van der Waals surface area contributed by atoms with Gasteiger partial charge in [0.25, 0.3) is 0 Å². The highest BCUT2D eigenvalue weighted by Crippen LogP contribution is 2.50. The van der Waals surface area contributed by atoms with Crippen LogP contribution in [-0.2, 0) is 27.9 Å². The highest BCUT2D eigenvalue weighted by atomic mass is 32.1. The molecule has 184 valence electrons. The second-order valence-electron chi connectivity index (χ2n) is 8.86. The van der Waals surface area contributed by atoms with E-state index in [0.717, 1.165) is 46.9 Å². The molecule has 0 unspecified atom stereocenters. The molecule has 0 radical (unpaired) electrons. The van der Waals surface area contributed by atoms with Crippen LogP contribution in [0, 0.1) is 6.92 Å². The normalized spacial score (nSPS) is 13.8. The van der Waals surface area contributed by atoms with Crippen molar-refractivity contribution in [3.05, 3.63) is 81.3 Å². The van der Waals surface area contributed by atoms with Crippen molar-refractivity contribution in [3.63, 3.8) is 0 Å². The van der Waals surface area contributed by atoms with Gasteiger partial charge in [-0.1, -0.05) is 42.5 Å². The van der Waals surface area contributed by atoms with E-state index in [2.05, 4.69) is 17.1 Å². The molecule has 2 aromatic carbocycles. The lowest BCUT2D eigenvalue weighted by molar-refractivity contribution is -0.134. The van der Waals surface area contributed by atoms with Crippen LogP contribution in [0.2, 0.25) is 0 Å². The highest BCUT2D eigenvalue weighted by Gasteiger charge is 2.53. The first-order chi connectivity index (χ1) is 17.0. The van der Waals surface area contributed by atoms with Gasteiger partial charge in [0, 0.05) is 11.4 Å². The number of rotatable bonds is 11. The van der Waals surface area contributed by atoms with E-state index in [9.17, 15) is 9.59 Å². The van der Waals surface area contributed by atoms with Gasteiger partial charge in [-0.05, 0) is 62.8 Å². The molecule has 7 heteroatoms. The maximum atomic E-state index is 13.9. The first-order valence-electron chi connectivity index (χ1n) is 12.1. The summed E-state index contributed by atoms with van der Waals surface area (Å²) in [7, 11) is 1.64. The second kappa shape index (κ2) is 11.0. The number of aryl methyl sites for hydroxylation is 2. The molecule has 1 aliphatic carbocycles. The van der Waals surface area contributed by atoms with Crippen molar-refractivity contribution in [2.24, 2.45) is 0 Å². The topological polar surface area (TPSA) is 68.7 Å². The van der Waals surface area contributed by atoms with Crippen LogP contribution in [0.3, 0.4) is 0 Å². The van der Waals surface area contributed by atoms with Crippen LogP contribution in [0.1, 0.15) is 57.7 Å². The summed E-state index contributed by atoms with van der Waals surface area (Å²) in [6.45, 7) is 4.96. The fourth-order valence-corrected chi connectivity index (χ4v) is 5.34. The summed E-state index contributed by atoms with van der Waals surface area (Å²) in [6.07, 6.45) is 3.41. The number of hydrogen-bond donors (Lipinski definition) is 0. The van der Waals surface area contributed by atoms with E-state index in [-0.39, 0.29) is 5.91 Å². The molecule has 0 N–H and O–H groups in total. The van der Waals surface area contributed by atoms with E-state index in [1.807, 2.05) is 54.3 Å². The van der Waals surface area contributed by atoms with Crippen molar-refractivity contribution < 1.29 is 19.1 Å². The Balaban J connectivity index is 1.54. The van der Waals surface area contributed by atoms with Crippen LogP contribution in [-0.4, -0.2) is 42.0 Å². The van der Waals surface area contributed by atoms with Crippen molar-refractivity contribution in [1.82, 2.24) is 9.88 Å². The van der Waals surface area contributed by atoms with Crippen LogP contribution in [0.4, 0.5) is 0 Å². The molecule has 1 amide bonds. The van der Waals surface area contributed by atoms with Gasteiger partial charge in [0.1, 0.15) is 10.8 Å². The lowest BCUT2D eigenvalue weighted by Crippen LogP contribution is -2.39. The first-order valence-corrected chi connectivity index (χ1v) is 12.9. The molecule has 4 rings (SSSR count). The van der Waals surface area contributed by atoms with Crippen LogP contribution < -0.4 is 4.74 Å². The summed E-state index contributed by atoms with van der Waals surface area (Å²) in [4.78, 5) is 33.5. The van der Waals surface area contributed by atoms with Gasteiger partial charge in [0.05, 0.1) is 25.7 Å². The molecule has 3 aromatic rings. The molecule has 0 aliphatic heterocycles. The Labute approximate surface area is 210 Å². The summed E-state index contributed by atoms with van der Waals surface area (Å²) in [5.41, 5.74) is 2.14. The van der Waals surface area contributed by atoms with Gasteiger partial charge in [0.2, 0.25) is 5.91 Å². The molecule has 0 saturated heterocycles. The number of thiazole rings is 1. The van der Waals surface area contributed by atoms with Crippen molar-refractivity contribution in [3.8, 4) is 5.75 Å². The molecule has 0 bridgehead atoms. The first kappa shape index (κ1) is 24.9. The number of nitrogens with zero attached hydrogens (tertiary/aromatic N) is 2. The minimum Gasteiger partial charge on any atom is -0.497 e. The van der Waals surface area contributed by atoms with E-state index in [1.165, 1.54) is 16.9 Å². The van der Waals surface area contributed by atoms with Crippen LogP contribution in [0.5, 0.6) is 5.75 Å². The Hall–Kier alpha value is -3.19. The number of methoxy groups -OCH3 is 1. The fourth-order valence-electron chi connectivity index (χ4n) is 4.41. The number of benzene rings is 2. The highest BCUT2D eigenvalue weighted by molar-refractivity contribution is 7.11. The summed E-state index contributed by atoms with van der Waals surface area (Å²) in [6, 6.07) is 18.1. The van der Waals surface area contributed by atoms with E-state index < -0.39 is 11.4 Å². The summed E-state index contributed by atoms with van der Waals surface area (Å²) in [5.74, 6) is 0.495. The molecule has 0 atom stereocenters. The van der Waals surface area contributed by atoms with Crippen molar-refractivity contribution >= 4 is 23.2 Å². The molecule has 1 aliphatic rings. The number of carbonyl (C=O) groups is 2. The van der Waals surface area contributed by atoms with Crippen molar-refractivity contribution in [2.45, 2.75) is 51.5 Å². The lowest BCUT2D eigenvalue weighted by Gasteiger charge is -2.27. The third kappa shape index (κ3) is 5.73. The zero-order valence-corrected chi connectivity index (χ0v) is 21.4. The van der Waals surface area contributed by atoms with Gasteiger partial charge in [-0.3, -0.25) is 4.79 Å². The van der Waals surface area contributed by atoms with E-state index in [0.29, 0.717) is 25.4 Å². The average Bonchev–Trinajstić information content (AvgIpc) is 3.61. The molecule has 1 fully saturated rings. The largest absolute Gasteiger partial charge is 0.497 e. The number of hydrogen-bond acceptors (Lipinski definition) is 6. The molecular formula is C28H32N2O4S. The third-order valence-electron chi connectivity index (χ3n) is 6.46. The number of aromatic nitrogens is 1. The monoisotopic (exact) mass is 492 g/mol. The van der Waals surface area contributed by atoms with Gasteiger partial charge in [-0.25, -0.2) is 9.78 Å². The van der Waals surface area contributed by atoms with Crippen molar-refractivity contribution in [1.29, 1.82) is 0 Å². The van der Waals surface area contributed by atoms with Gasteiger partial charge >= 0.3 is 5.97 Å². The quantitative estimate of drug-likeness (QED) is 0.339. The Kier molecular flexibility index (Phi) is 7.86. The lowest BCUT2D eigenvalue weighted by atomic mass is 9.94. The van der Waals surface area contributed by atoms with E-state index >= 15 is 0 Å². The number of amides is 1. The average molecular weight is 493 g/mol. The minimum absolute atomic E-state index is 0.126. The number of esters is 1. The predicted molar refractivity (Wildman–Crippen MR) is 137 cm³/mol. The van der Waals surface area contributed by atoms with Crippen LogP contribution >= 0.6 is 11.3 Å². The third-order valence-corrected chi connectivity index (χ3v) is 7.42. The van der Waals surface area contributed by atoms with Crippen molar-refractivity contribution in [2.75, 3.05) is 20.3 Å². The molecule has 1 heterocycles. The SMILES string of the molecule is CCOC(=O)c1nc(CN(CCCc2ccccc2)C(=O)C2(c3ccc(OC)cc3)CC2)sc1C. The zero-order chi connectivity index (χ0) is 24.8. The molecule has 35 heavy (non-hydrogen) atoms. The zero-order valence-electron chi connectivity index (χ0n) is 20.6. The molecule has 1 saturated carbocycles. The van der Waals surface area contributed by atoms with Gasteiger partial charge in [-0.15, -0.1) is 11.3 Å². The van der Waals surface area contributed by atoms with Gasteiger partial charge in [-0.2, -0.15) is 0 Å². The summed E-state index contributed by atoms with van der Waals surface area (Å²) >= 11 is 1.45.